The van der Waals surface area contributed by atoms with E-state index in [1.807, 2.05) is 17.0 Å². The van der Waals surface area contributed by atoms with Gasteiger partial charge in [0.25, 0.3) is 5.91 Å². The first kappa shape index (κ1) is 16.1. The first-order chi connectivity index (χ1) is 12.0. The molecule has 0 spiro atoms. The van der Waals surface area contributed by atoms with Crippen molar-refractivity contribution < 1.29 is 4.79 Å². The minimum atomic E-state index is -0.109. The summed E-state index contributed by atoms with van der Waals surface area (Å²) >= 11 is 6.13. The van der Waals surface area contributed by atoms with Crippen LogP contribution < -0.4 is 0 Å². The van der Waals surface area contributed by atoms with Gasteiger partial charge < -0.3 is 9.88 Å². The van der Waals surface area contributed by atoms with Crippen LogP contribution >= 0.6 is 11.6 Å². The van der Waals surface area contributed by atoms with Crippen molar-refractivity contribution in [2.75, 3.05) is 13.1 Å². The van der Waals surface area contributed by atoms with Gasteiger partial charge in [-0.25, -0.2) is 4.98 Å². The molecular weight excluding hydrogens is 338 g/mol. The zero-order valence-electron chi connectivity index (χ0n) is 14.3. The van der Waals surface area contributed by atoms with Gasteiger partial charge >= 0.3 is 0 Å². The molecule has 0 aliphatic carbocycles. The summed E-state index contributed by atoms with van der Waals surface area (Å²) in [6.07, 6.45) is 3.60. The fourth-order valence-electron chi connectivity index (χ4n) is 3.53. The number of nitrogens with one attached hydrogen (secondary N) is 1. The third kappa shape index (κ3) is 2.91. The average Bonchev–Trinajstić information content (AvgIpc) is 3.18. The zero-order chi connectivity index (χ0) is 17.6. The summed E-state index contributed by atoms with van der Waals surface area (Å²) in [5.41, 5.74) is 3.54. The van der Waals surface area contributed by atoms with Gasteiger partial charge in [-0.15, -0.1) is 0 Å². The highest BCUT2D eigenvalue weighted by molar-refractivity contribution is 6.33. The number of carbonyl (C=O) groups excluding carboxylic acids is 1. The molecule has 7 heteroatoms. The highest BCUT2D eigenvalue weighted by Gasteiger charge is 2.29. The van der Waals surface area contributed by atoms with Crippen molar-refractivity contribution >= 4 is 28.5 Å². The number of amides is 1. The van der Waals surface area contributed by atoms with E-state index in [4.69, 9.17) is 16.6 Å². The molecule has 130 valence electrons. The van der Waals surface area contributed by atoms with Gasteiger partial charge in [0.1, 0.15) is 5.82 Å². The van der Waals surface area contributed by atoms with Gasteiger partial charge in [-0.2, -0.15) is 5.10 Å². The van der Waals surface area contributed by atoms with Gasteiger partial charge in [-0.05, 0) is 31.4 Å². The fraction of sp³-hybridized carbons (Fsp3) is 0.389. The molecule has 1 N–H and O–H groups in total. The van der Waals surface area contributed by atoms with Crippen LogP contribution in [-0.4, -0.2) is 43.6 Å². The summed E-state index contributed by atoms with van der Waals surface area (Å²) in [6.45, 7) is 3.42. The van der Waals surface area contributed by atoms with Crippen LogP contribution in [0, 0.1) is 6.92 Å². The number of fused-ring (bicyclic) bond motifs is 1. The van der Waals surface area contributed by atoms with E-state index in [1.54, 1.807) is 17.9 Å². The number of likely N-dealkylation sites (tertiary alicyclic amines) is 1. The summed E-state index contributed by atoms with van der Waals surface area (Å²) in [4.78, 5) is 22.8. The lowest BCUT2D eigenvalue weighted by atomic mass is 9.97. The number of halogens is 1. The van der Waals surface area contributed by atoms with Gasteiger partial charge in [0, 0.05) is 32.3 Å². The molecule has 0 saturated carbocycles. The van der Waals surface area contributed by atoms with E-state index < -0.39 is 0 Å². The third-order valence-corrected chi connectivity index (χ3v) is 5.09. The predicted octanol–water partition coefficient (Wildman–Crippen LogP) is 3.28. The second-order valence-electron chi connectivity index (χ2n) is 6.68. The molecule has 2 aromatic heterocycles. The Balaban J connectivity index is 1.59. The molecule has 0 bridgehead atoms. The van der Waals surface area contributed by atoms with Crippen LogP contribution in [0.5, 0.6) is 0 Å². The maximum Gasteiger partial charge on any atom is 0.275 e. The second-order valence-corrected chi connectivity index (χ2v) is 7.09. The fourth-order valence-corrected chi connectivity index (χ4v) is 3.79. The number of carbonyl (C=O) groups is 1. The van der Waals surface area contributed by atoms with E-state index in [9.17, 15) is 4.79 Å². The summed E-state index contributed by atoms with van der Waals surface area (Å²) in [5.74, 6) is 1.04. The number of nitrogens with zero attached hydrogens (tertiary/aromatic N) is 4. The lowest BCUT2D eigenvalue weighted by Gasteiger charge is -2.31. The SMILES string of the molecule is Cc1cccc2[nH]c(C3CCCN(C(=O)c4nn(C)cc4Cl)C3)nc12. The Morgan fingerprint density at radius 2 is 2.24 bits per heavy atom. The molecular formula is C18H20ClN5O. The molecule has 4 rings (SSSR count). The van der Waals surface area contributed by atoms with Crippen LogP contribution in [0.1, 0.15) is 40.6 Å². The van der Waals surface area contributed by atoms with Crippen LogP contribution in [0.4, 0.5) is 0 Å². The maximum absolute atomic E-state index is 12.8. The Kier molecular flexibility index (Phi) is 4.00. The largest absolute Gasteiger partial charge is 0.342 e. The van der Waals surface area contributed by atoms with Crippen LogP contribution in [0.2, 0.25) is 5.02 Å². The first-order valence-electron chi connectivity index (χ1n) is 8.46. The van der Waals surface area contributed by atoms with Gasteiger partial charge in [-0.1, -0.05) is 23.7 Å². The number of aromatic nitrogens is 4. The van der Waals surface area contributed by atoms with E-state index in [1.165, 1.54) is 0 Å². The van der Waals surface area contributed by atoms with Crippen molar-refractivity contribution in [3.05, 3.63) is 46.5 Å². The number of hydrogen-bond acceptors (Lipinski definition) is 3. The molecule has 1 fully saturated rings. The molecule has 1 aliphatic rings. The normalized spacial score (nSPS) is 18.0. The topological polar surface area (TPSA) is 66.8 Å². The van der Waals surface area contributed by atoms with Crippen molar-refractivity contribution in [2.24, 2.45) is 7.05 Å². The van der Waals surface area contributed by atoms with E-state index >= 15 is 0 Å². The summed E-state index contributed by atoms with van der Waals surface area (Å²) in [6, 6.07) is 6.13. The van der Waals surface area contributed by atoms with Crippen molar-refractivity contribution in [2.45, 2.75) is 25.7 Å². The first-order valence-corrected chi connectivity index (χ1v) is 8.84. The molecule has 1 aromatic carbocycles. The molecule has 25 heavy (non-hydrogen) atoms. The van der Waals surface area contributed by atoms with Crippen molar-refractivity contribution in [3.63, 3.8) is 0 Å². The lowest BCUT2D eigenvalue weighted by molar-refractivity contribution is 0.0698. The average molecular weight is 358 g/mol. The van der Waals surface area contributed by atoms with Crippen LogP contribution in [0.25, 0.3) is 11.0 Å². The predicted molar refractivity (Wildman–Crippen MR) is 96.9 cm³/mol. The minimum absolute atomic E-state index is 0.109. The Hall–Kier alpha value is -2.34. The van der Waals surface area contributed by atoms with Gasteiger partial charge in [0.05, 0.1) is 16.1 Å². The molecule has 6 nitrogen and oxygen atoms in total. The molecule has 1 amide bonds. The molecule has 3 heterocycles. The maximum atomic E-state index is 12.8. The number of aryl methyl sites for hydroxylation is 2. The summed E-state index contributed by atoms with van der Waals surface area (Å²) in [7, 11) is 1.76. The van der Waals surface area contributed by atoms with E-state index in [0.29, 0.717) is 17.3 Å². The molecule has 1 atom stereocenters. The zero-order valence-corrected chi connectivity index (χ0v) is 15.0. The number of para-hydroxylation sites is 1. The lowest BCUT2D eigenvalue weighted by Crippen LogP contribution is -2.39. The smallest absolute Gasteiger partial charge is 0.275 e. The number of imidazole rings is 1. The quantitative estimate of drug-likeness (QED) is 0.765. The number of rotatable bonds is 2. The third-order valence-electron chi connectivity index (χ3n) is 4.81. The number of benzene rings is 1. The van der Waals surface area contributed by atoms with E-state index in [-0.39, 0.29) is 11.8 Å². The Morgan fingerprint density at radius 3 is 2.96 bits per heavy atom. The molecule has 1 saturated heterocycles. The van der Waals surface area contributed by atoms with Crippen LogP contribution in [0.3, 0.4) is 0 Å². The molecule has 1 aliphatic heterocycles. The van der Waals surface area contributed by atoms with Gasteiger partial charge in [-0.3, -0.25) is 9.48 Å². The Bertz CT molecular complexity index is 944. The molecule has 1 unspecified atom stereocenters. The summed E-state index contributed by atoms with van der Waals surface area (Å²) < 4.78 is 1.57. The molecule has 0 radical (unpaired) electrons. The van der Waals surface area contributed by atoms with Gasteiger partial charge in [0.2, 0.25) is 0 Å². The van der Waals surface area contributed by atoms with E-state index in [2.05, 4.69) is 23.1 Å². The van der Waals surface area contributed by atoms with Crippen LogP contribution in [0.15, 0.2) is 24.4 Å². The summed E-state index contributed by atoms with van der Waals surface area (Å²) in [5, 5.41) is 4.60. The number of H-pyrrole nitrogens is 1. The Morgan fingerprint density at radius 1 is 1.40 bits per heavy atom. The van der Waals surface area contributed by atoms with Crippen molar-refractivity contribution in [1.29, 1.82) is 0 Å². The Labute approximate surface area is 150 Å². The standard InChI is InChI=1S/C18H20ClN5O/c1-11-5-3-7-14-15(11)21-17(20-14)12-6-4-8-24(9-12)18(25)16-13(19)10-23(2)22-16/h3,5,7,10,12H,4,6,8-9H2,1-2H3,(H,20,21). The molecule has 3 aromatic rings. The highest BCUT2D eigenvalue weighted by atomic mass is 35.5. The monoisotopic (exact) mass is 357 g/mol. The van der Waals surface area contributed by atoms with Gasteiger partial charge in [0.15, 0.2) is 5.69 Å². The minimum Gasteiger partial charge on any atom is -0.342 e. The second kappa shape index (κ2) is 6.19. The van der Waals surface area contributed by atoms with E-state index in [0.717, 1.165) is 41.8 Å². The van der Waals surface area contributed by atoms with Crippen LogP contribution in [-0.2, 0) is 7.05 Å². The highest BCUT2D eigenvalue weighted by Crippen LogP contribution is 2.29. The van der Waals surface area contributed by atoms with Crippen molar-refractivity contribution in [3.8, 4) is 0 Å². The number of hydrogen-bond donors (Lipinski definition) is 1. The number of piperidine rings is 1. The number of aromatic amines is 1. The van der Waals surface area contributed by atoms with Crippen molar-refractivity contribution in [1.82, 2.24) is 24.6 Å².